The minimum atomic E-state index is -3.57. The second-order valence-electron chi connectivity index (χ2n) is 7.92. The molecule has 1 N–H and O–H groups in total. The molecule has 0 aliphatic carbocycles. The number of fused-ring (bicyclic) bond motifs is 1. The molecule has 0 bridgehead atoms. The van der Waals surface area contributed by atoms with E-state index in [0.29, 0.717) is 30.8 Å². The molecule has 5 nitrogen and oxygen atoms in total. The Balaban J connectivity index is 1.44. The Hall–Kier alpha value is -2.70. The van der Waals surface area contributed by atoms with Crippen LogP contribution in [0.1, 0.15) is 24.0 Å². The van der Waals surface area contributed by atoms with Gasteiger partial charge in [-0.3, -0.25) is 4.79 Å². The van der Waals surface area contributed by atoms with Crippen LogP contribution in [0.2, 0.25) is 0 Å². The van der Waals surface area contributed by atoms with E-state index >= 15 is 0 Å². The van der Waals surface area contributed by atoms with E-state index in [4.69, 9.17) is 0 Å². The molecule has 3 aromatic rings. The molecule has 1 saturated heterocycles. The van der Waals surface area contributed by atoms with E-state index in [1.54, 1.807) is 12.1 Å². The number of rotatable bonds is 4. The molecule has 0 unspecified atom stereocenters. The molecule has 0 radical (unpaired) electrons. The van der Waals surface area contributed by atoms with Crippen molar-refractivity contribution in [2.24, 2.45) is 5.92 Å². The van der Waals surface area contributed by atoms with Crippen molar-refractivity contribution >= 4 is 32.4 Å². The van der Waals surface area contributed by atoms with Gasteiger partial charge in [0.05, 0.1) is 4.90 Å². The monoisotopic (exact) mass is 422 g/mol. The molecule has 6 heteroatoms. The van der Waals surface area contributed by atoms with Gasteiger partial charge in [0.25, 0.3) is 0 Å². The van der Waals surface area contributed by atoms with Crippen molar-refractivity contribution in [3.8, 4) is 0 Å². The van der Waals surface area contributed by atoms with Crippen molar-refractivity contribution in [2.45, 2.75) is 31.6 Å². The van der Waals surface area contributed by atoms with Crippen LogP contribution in [0.3, 0.4) is 0 Å². The molecule has 1 heterocycles. The molecule has 0 saturated carbocycles. The minimum absolute atomic E-state index is 0.0357. The Morgan fingerprint density at radius 3 is 2.37 bits per heavy atom. The summed E-state index contributed by atoms with van der Waals surface area (Å²) in [4.78, 5) is 13.0. The fraction of sp³-hybridized carbons (Fsp3) is 0.292. The zero-order valence-electron chi connectivity index (χ0n) is 17.3. The Morgan fingerprint density at radius 1 is 0.933 bits per heavy atom. The number of benzene rings is 3. The van der Waals surface area contributed by atoms with Crippen LogP contribution in [0.4, 0.5) is 5.69 Å². The van der Waals surface area contributed by atoms with Crippen LogP contribution in [0.5, 0.6) is 0 Å². The maximum absolute atomic E-state index is 13.1. The number of anilines is 1. The van der Waals surface area contributed by atoms with Gasteiger partial charge in [0.1, 0.15) is 0 Å². The Kier molecular flexibility index (Phi) is 5.62. The summed E-state index contributed by atoms with van der Waals surface area (Å²) in [6.07, 6.45) is 1.03. The molecule has 30 heavy (non-hydrogen) atoms. The summed E-state index contributed by atoms with van der Waals surface area (Å²) in [6, 6.07) is 18.8. The number of carbonyl (C=O) groups is 1. The van der Waals surface area contributed by atoms with Gasteiger partial charge in [-0.25, -0.2) is 8.42 Å². The summed E-state index contributed by atoms with van der Waals surface area (Å²) in [5, 5.41) is 4.94. The summed E-state index contributed by atoms with van der Waals surface area (Å²) in [7, 11) is -3.57. The highest BCUT2D eigenvalue weighted by atomic mass is 32.2. The highest BCUT2D eigenvalue weighted by Gasteiger charge is 2.32. The zero-order valence-corrected chi connectivity index (χ0v) is 18.1. The van der Waals surface area contributed by atoms with Gasteiger partial charge in [-0.1, -0.05) is 42.5 Å². The smallest absolute Gasteiger partial charge is 0.243 e. The molecule has 156 valence electrons. The predicted octanol–water partition coefficient (Wildman–Crippen LogP) is 4.50. The summed E-state index contributed by atoms with van der Waals surface area (Å²) < 4.78 is 27.7. The average molecular weight is 423 g/mol. The molecule has 0 atom stereocenters. The van der Waals surface area contributed by atoms with E-state index in [0.717, 1.165) is 27.6 Å². The first-order chi connectivity index (χ1) is 14.4. The molecule has 1 aliphatic rings. The van der Waals surface area contributed by atoms with Crippen molar-refractivity contribution in [1.29, 1.82) is 0 Å². The third-order valence-electron chi connectivity index (χ3n) is 6.05. The topological polar surface area (TPSA) is 66.5 Å². The zero-order chi connectivity index (χ0) is 21.3. The van der Waals surface area contributed by atoms with E-state index < -0.39 is 10.0 Å². The maximum atomic E-state index is 13.1. The standard InChI is InChI=1S/C24H26N2O3S/c1-17-6-5-9-23(18(17)2)25-24(27)20-12-14-26(15-13-20)30(28,29)22-11-10-19-7-3-4-8-21(19)16-22/h3-11,16,20H,12-15H2,1-2H3,(H,25,27). The number of sulfonamides is 1. The van der Waals surface area contributed by atoms with Gasteiger partial charge >= 0.3 is 0 Å². The van der Waals surface area contributed by atoms with Crippen molar-refractivity contribution in [1.82, 2.24) is 4.31 Å². The molecule has 0 spiro atoms. The number of hydrogen-bond donors (Lipinski definition) is 1. The van der Waals surface area contributed by atoms with Gasteiger partial charge in [-0.05, 0) is 66.8 Å². The van der Waals surface area contributed by atoms with Gasteiger partial charge in [0, 0.05) is 24.7 Å². The average Bonchev–Trinajstić information content (AvgIpc) is 2.76. The largest absolute Gasteiger partial charge is 0.326 e. The summed E-state index contributed by atoms with van der Waals surface area (Å²) in [5.41, 5.74) is 3.01. The number of aryl methyl sites for hydroxylation is 1. The second-order valence-corrected chi connectivity index (χ2v) is 9.86. The molecule has 1 aliphatic heterocycles. The van der Waals surface area contributed by atoms with Gasteiger partial charge in [-0.2, -0.15) is 4.31 Å². The summed E-state index contributed by atoms with van der Waals surface area (Å²) in [6.45, 7) is 4.70. The number of carbonyl (C=O) groups excluding carboxylic acids is 1. The lowest BCUT2D eigenvalue weighted by molar-refractivity contribution is -0.120. The minimum Gasteiger partial charge on any atom is -0.326 e. The van der Waals surface area contributed by atoms with E-state index in [2.05, 4.69) is 5.32 Å². The second kappa shape index (κ2) is 8.20. The van der Waals surface area contributed by atoms with E-state index in [1.165, 1.54) is 4.31 Å². The van der Waals surface area contributed by atoms with E-state index in [1.807, 2.05) is 62.4 Å². The molecule has 3 aromatic carbocycles. The molecule has 0 aromatic heterocycles. The lowest BCUT2D eigenvalue weighted by Crippen LogP contribution is -2.41. The quantitative estimate of drug-likeness (QED) is 0.673. The lowest BCUT2D eigenvalue weighted by atomic mass is 9.97. The number of nitrogens with one attached hydrogen (secondary N) is 1. The summed E-state index contributed by atoms with van der Waals surface area (Å²) in [5.74, 6) is -0.223. The maximum Gasteiger partial charge on any atom is 0.243 e. The highest BCUT2D eigenvalue weighted by Crippen LogP contribution is 2.27. The van der Waals surface area contributed by atoms with Crippen LogP contribution in [0, 0.1) is 19.8 Å². The van der Waals surface area contributed by atoms with Crippen molar-refractivity contribution in [3.63, 3.8) is 0 Å². The Morgan fingerprint density at radius 2 is 1.63 bits per heavy atom. The van der Waals surface area contributed by atoms with Crippen molar-refractivity contribution in [2.75, 3.05) is 18.4 Å². The number of hydrogen-bond acceptors (Lipinski definition) is 3. The lowest BCUT2D eigenvalue weighted by Gasteiger charge is -2.30. The molecular weight excluding hydrogens is 396 g/mol. The summed E-state index contributed by atoms with van der Waals surface area (Å²) >= 11 is 0. The van der Waals surface area contributed by atoms with Crippen LogP contribution < -0.4 is 5.32 Å². The first-order valence-electron chi connectivity index (χ1n) is 10.2. The number of piperidine rings is 1. The SMILES string of the molecule is Cc1cccc(NC(=O)C2CCN(S(=O)(=O)c3ccc4ccccc4c3)CC2)c1C. The molecule has 4 rings (SSSR count). The molecule has 1 fully saturated rings. The number of nitrogens with zero attached hydrogens (tertiary/aromatic N) is 1. The fourth-order valence-electron chi connectivity index (χ4n) is 3.96. The van der Waals surface area contributed by atoms with Crippen molar-refractivity contribution in [3.05, 3.63) is 71.8 Å². The highest BCUT2D eigenvalue weighted by molar-refractivity contribution is 7.89. The Labute approximate surface area is 177 Å². The van der Waals surface area contributed by atoms with Crippen LogP contribution in [0.25, 0.3) is 10.8 Å². The Bertz CT molecular complexity index is 1200. The van der Waals surface area contributed by atoms with Crippen LogP contribution in [0.15, 0.2) is 65.6 Å². The normalized spacial score (nSPS) is 15.9. The van der Waals surface area contributed by atoms with E-state index in [-0.39, 0.29) is 11.8 Å². The third-order valence-corrected chi connectivity index (χ3v) is 7.94. The number of amides is 1. The van der Waals surface area contributed by atoms with Gasteiger partial charge in [0.2, 0.25) is 15.9 Å². The van der Waals surface area contributed by atoms with Gasteiger partial charge in [0.15, 0.2) is 0 Å². The fourth-order valence-corrected chi connectivity index (χ4v) is 5.46. The van der Waals surface area contributed by atoms with Crippen molar-refractivity contribution < 1.29 is 13.2 Å². The molecule has 1 amide bonds. The van der Waals surface area contributed by atoms with Gasteiger partial charge < -0.3 is 5.32 Å². The van der Waals surface area contributed by atoms with Crippen LogP contribution >= 0.6 is 0 Å². The van der Waals surface area contributed by atoms with E-state index in [9.17, 15) is 13.2 Å². The first kappa shape index (κ1) is 20.6. The third kappa shape index (κ3) is 3.98. The van der Waals surface area contributed by atoms with Gasteiger partial charge in [-0.15, -0.1) is 0 Å². The molecular formula is C24H26N2O3S. The van der Waals surface area contributed by atoms with Crippen LogP contribution in [-0.2, 0) is 14.8 Å². The first-order valence-corrected chi connectivity index (χ1v) is 11.7. The predicted molar refractivity (Wildman–Crippen MR) is 120 cm³/mol. The van der Waals surface area contributed by atoms with Crippen LogP contribution in [-0.4, -0.2) is 31.7 Å².